The first kappa shape index (κ1) is 14.1. The zero-order valence-corrected chi connectivity index (χ0v) is 8.40. The average molecular weight is 264 g/mol. The molecule has 0 aliphatic carbocycles. The van der Waals surface area contributed by atoms with Crippen LogP contribution in [0.15, 0.2) is 41.3 Å². The van der Waals surface area contributed by atoms with Crippen LogP contribution in [0, 0.1) is 0 Å². The topological polar surface area (TPSA) is 74.6 Å². The van der Waals surface area contributed by atoms with Crippen molar-refractivity contribution in [2.45, 2.75) is 4.90 Å². The number of phenols is 1. The molecule has 80 valence electrons. The van der Waals surface area contributed by atoms with Crippen LogP contribution in [-0.4, -0.2) is 69.5 Å². The molecule has 0 aliphatic rings. The summed E-state index contributed by atoms with van der Waals surface area (Å²) in [6.45, 7) is 0. The van der Waals surface area contributed by atoms with Gasteiger partial charge in [0.2, 0.25) is 0 Å². The van der Waals surface area contributed by atoms with Gasteiger partial charge in [0.15, 0.2) is 0 Å². The van der Waals surface area contributed by atoms with E-state index in [4.69, 9.17) is 4.55 Å². The van der Waals surface area contributed by atoms with Gasteiger partial charge in [-0.3, -0.25) is 4.55 Å². The van der Waals surface area contributed by atoms with E-state index in [2.05, 4.69) is 0 Å². The second kappa shape index (κ2) is 5.13. The molecule has 0 saturated heterocycles. The quantitative estimate of drug-likeness (QED) is 0.598. The zero-order chi connectivity index (χ0) is 11.1. The SMILES string of the molecule is O=S(=O)(O)c1cc(O)c2ccccc2c1.[KH]. The summed E-state index contributed by atoms with van der Waals surface area (Å²) in [7, 11) is -4.28. The molecule has 0 heterocycles. The number of phenolic OH excluding ortho intramolecular Hbond substituents is 1. The molecule has 2 rings (SSSR count). The molecule has 2 aromatic rings. The van der Waals surface area contributed by atoms with Gasteiger partial charge in [0.25, 0.3) is 10.1 Å². The fourth-order valence-electron chi connectivity index (χ4n) is 1.41. The predicted octanol–water partition coefficient (Wildman–Crippen LogP) is 1.14. The summed E-state index contributed by atoms with van der Waals surface area (Å²) in [5.41, 5.74) is 0. The second-order valence-corrected chi connectivity index (χ2v) is 4.56. The Balaban J connectivity index is 0.00000128. The predicted molar refractivity (Wildman–Crippen MR) is 62.6 cm³/mol. The van der Waals surface area contributed by atoms with Crippen molar-refractivity contribution in [1.29, 1.82) is 0 Å². The van der Waals surface area contributed by atoms with Crippen LogP contribution in [0.1, 0.15) is 0 Å². The van der Waals surface area contributed by atoms with Crippen LogP contribution in [0.2, 0.25) is 0 Å². The van der Waals surface area contributed by atoms with Crippen LogP contribution < -0.4 is 0 Å². The molecular weight excluding hydrogens is 255 g/mol. The van der Waals surface area contributed by atoms with Gasteiger partial charge in [-0.2, -0.15) is 8.42 Å². The molecule has 0 saturated carbocycles. The second-order valence-electron chi connectivity index (χ2n) is 3.14. The molecule has 0 spiro atoms. The van der Waals surface area contributed by atoms with E-state index in [1.165, 1.54) is 6.07 Å². The molecule has 0 aromatic heterocycles. The van der Waals surface area contributed by atoms with Crippen molar-refractivity contribution < 1.29 is 18.1 Å². The Hall–Kier alpha value is 0.0464. The van der Waals surface area contributed by atoms with Crippen LogP contribution in [0.25, 0.3) is 10.8 Å². The number of benzene rings is 2. The average Bonchev–Trinajstić information content (AvgIpc) is 2.16. The Morgan fingerprint density at radius 1 is 1.06 bits per heavy atom. The summed E-state index contributed by atoms with van der Waals surface area (Å²) in [5.74, 6) is -0.166. The van der Waals surface area contributed by atoms with E-state index in [0.29, 0.717) is 10.8 Å². The molecule has 2 aromatic carbocycles. The van der Waals surface area contributed by atoms with E-state index in [1.54, 1.807) is 24.3 Å². The van der Waals surface area contributed by atoms with Crippen LogP contribution in [0.4, 0.5) is 0 Å². The normalized spacial score (nSPS) is 11.1. The van der Waals surface area contributed by atoms with Crippen molar-refractivity contribution in [3.8, 4) is 5.75 Å². The van der Waals surface area contributed by atoms with Crippen molar-refractivity contribution in [3.63, 3.8) is 0 Å². The van der Waals surface area contributed by atoms with Crippen LogP contribution in [0.3, 0.4) is 0 Å². The number of hydrogen-bond donors (Lipinski definition) is 2. The van der Waals surface area contributed by atoms with Gasteiger partial charge in [0.1, 0.15) is 5.75 Å². The van der Waals surface area contributed by atoms with Crippen LogP contribution in [0.5, 0.6) is 5.75 Å². The zero-order valence-electron chi connectivity index (χ0n) is 7.58. The Labute approximate surface area is 135 Å². The van der Waals surface area contributed by atoms with Gasteiger partial charge >= 0.3 is 51.4 Å². The van der Waals surface area contributed by atoms with Crippen LogP contribution in [-0.2, 0) is 10.1 Å². The molecule has 2 N–H and O–H groups in total. The Morgan fingerprint density at radius 3 is 2.31 bits per heavy atom. The minimum atomic E-state index is -4.28. The maximum atomic E-state index is 10.9. The first-order valence-corrected chi connectivity index (χ1v) is 5.62. The molecule has 4 nitrogen and oxygen atoms in total. The molecule has 0 fully saturated rings. The van der Waals surface area contributed by atoms with Crippen molar-refractivity contribution in [1.82, 2.24) is 0 Å². The molecule has 0 atom stereocenters. The molecule has 0 radical (unpaired) electrons. The summed E-state index contributed by atoms with van der Waals surface area (Å²) in [5, 5.41) is 10.6. The Morgan fingerprint density at radius 2 is 1.69 bits per heavy atom. The molecular formula is C10H9KO4S. The molecule has 0 unspecified atom stereocenters. The summed E-state index contributed by atoms with van der Waals surface area (Å²) in [6.07, 6.45) is 0. The van der Waals surface area contributed by atoms with Crippen molar-refractivity contribution in [3.05, 3.63) is 36.4 Å². The monoisotopic (exact) mass is 264 g/mol. The number of hydrogen-bond acceptors (Lipinski definition) is 3. The first-order chi connectivity index (χ1) is 6.98. The van der Waals surface area contributed by atoms with E-state index < -0.39 is 10.1 Å². The van der Waals surface area contributed by atoms with Crippen molar-refractivity contribution >= 4 is 72.3 Å². The molecule has 0 bridgehead atoms. The number of aromatic hydroxyl groups is 1. The van der Waals surface area contributed by atoms with Gasteiger partial charge in [0.05, 0.1) is 4.90 Å². The summed E-state index contributed by atoms with van der Waals surface area (Å²) in [4.78, 5) is -0.307. The summed E-state index contributed by atoms with van der Waals surface area (Å²) in [6, 6.07) is 9.11. The number of fused-ring (bicyclic) bond motifs is 1. The Kier molecular flexibility index (Phi) is 4.53. The minimum absolute atomic E-state index is 0. The van der Waals surface area contributed by atoms with Crippen molar-refractivity contribution in [2.24, 2.45) is 0 Å². The molecule has 0 aliphatic heterocycles. The van der Waals surface area contributed by atoms with Gasteiger partial charge in [-0.1, -0.05) is 24.3 Å². The summed E-state index contributed by atoms with van der Waals surface area (Å²) >= 11 is 0. The van der Waals surface area contributed by atoms with Gasteiger partial charge < -0.3 is 5.11 Å². The van der Waals surface area contributed by atoms with Gasteiger partial charge in [-0.25, -0.2) is 0 Å². The summed E-state index contributed by atoms with van der Waals surface area (Å²) < 4.78 is 30.6. The van der Waals surface area contributed by atoms with Crippen molar-refractivity contribution in [2.75, 3.05) is 0 Å². The third-order valence-electron chi connectivity index (χ3n) is 2.11. The Bertz CT molecular complexity index is 622. The third kappa shape index (κ3) is 2.83. The van der Waals surface area contributed by atoms with Gasteiger partial charge in [-0.05, 0) is 11.5 Å². The van der Waals surface area contributed by atoms with E-state index in [0.717, 1.165) is 6.07 Å². The van der Waals surface area contributed by atoms with Gasteiger partial charge in [0, 0.05) is 11.5 Å². The standard InChI is InChI=1S/C10H8O4S.K.H/c11-10-6-8(15(12,13)14)5-7-3-1-2-4-9(7)10;;/h1-6,11H,(H,12,13,14);;. The fraction of sp³-hybridized carbons (Fsp3) is 0. The maximum absolute atomic E-state index is 10.9. The van der Waals surface area contributed by atoms with Crippen LogP contribution >= 0.6 is 0 Å². The fourth-order valence-corrected chi connectivity index (χ4v) is 1.95. The number of rotatable bonds is 1. The first-order valence-electron chi connectivity index (χ1n) is 4.18. The van der Waals surface area contributed by atoms with E-state index in [-0.39, 0.29) is 62.0 Å². The third-order valence-corrected chi connectivity index (χ3v) is 2.94. The van der Waals surface area contributed by atoms with Gasteiger partial charge in [-0.15, -0.1) is 0 Å². The molecule has 6 heteroatoms. The molecule has 0 amide bonds. The van der Waals surface area contributed by atoms with E-state index in [9.17, 15) is 13.5 Å². The van der Waals surface area contributed by atoms with E-state index >= 15 is 0 Å². The molecule has 16 heavy (non-hydrogen) atoms. The van der Waals surface area contributed by atoms with E-state index in [1.807, 2.05) is 0 Å².